The van der Waals surface area contributed by atoms with E-state index in [9.17, 15) is 0 Å². The van der Waals surface area contributed by atoms with Gasteiger partial charge in [-0.05, 0) is 12.1 Å². The second kappa shape index (κ2) is 9.18. The molecule has 0 aliphatic heterocycles. The first kappa shape index (κ1) is 13.6. The van der Waals surface area contributed by atoms with Gasteiger partial charge in [-0.25, -0.2) is 0 Å². The molecule has 1 aromatic rings. The van der Waals surface area contributed by atoms with Crippen molar-refractivity contribution in [1.29, 1.82) is 0 Å². The van der Waals surface area contributed by atoms with Crippen LogP contribution in [0.25, 0.3) is 0 Å². The van der Waals surface area contributed by atoms with Crippen molar-refractivity contribution in [2.45, 2.75) is 24.2 Å². The molecule has 0 unspecified atom stereocenters. The van der Waals surface area contributed by atoms with E-state index in [1.807, 2.05) is 0 Å². The number of phenolic OH excluding ortho intramolecular Hbond substituents is 1. The molecule has 3 heteroatoms. The third-order valence-electron chi connectivity index (χ3n) is 1.62. The number of rotatable bonds is 3. The Labute approximate surface area is 99.4 Å². The second-order valence-corrected chi connectivity index (χ2v) is 4.20. The van der Waals surface area contributed by atoms with Gasteiger partial charge in [0.2, 0.25) is 0 Å². The molecule has 1 aromatic carbocycles. The van der Waals surface area contributed by atoms with E-state index in [0.29, 0.717) is 5.75 Å². The summed E-state index contributed by atoms with van der Waals surface area (Å²) < 4.78 is 6.23. The minimum Gasteiger partial charge on any atom is -0.504 e. The summed E-state index contributed by atoms with van der Waals surface area (Å²) in [5.41, 5.74) is 0. The number of para-hydroxylation sites is 2. The predicted molar refractivity (Wildman–Crippen MR) is 60.1 cm³/mol. The molecular weight excluding hydrogens is 283 g/mol. The van der Waals surface area contributed by atoms with E-state index in [0.717, 1.165) is 0 Å². The molecule has 0 atom stereocenters. The summed E-state index contributed by atoms with van der Waals surface area (Å²) in [4.78, 5) is 0. The van der Waals surface area contributed by atoms with Crippen molar-refractivity contribution in [3.8, 4) is 11.5 Å². The first-order chi connectivity index (χ1) is 6.76. The maximum Gasteiger partial charge on any atom is 0.160 e. The van der Waals surface area contributed by atoms with Crippen LogP contribution in [0.1, 0.15) is 19.8 Å². The zero-order valence-corrected chi connectivity index (χ0v) is 11.6. The van der Waals surface area contributed by atoms with Crippen LogP contribution in [-0.2, 0) is 0 Å². The molecule has 0 fully saturated rings. The maximum absolute atomic E-state index is 8.99. The van der Waals surface area contributed by atoms with Crippen molar-refractivity contribution in [3.63, 3.8) is 0 Å². The first-order valence-electron chi connectivity index (χ1n) is 4.72. The second-order valence-electron chi connectivity index (χ2n) is 2.78. The number of ether oxygens (including phenoxy) is 1. The van der Waals surface area contributed by atoms with Crippen molar-refractivity contribution in [2.75, 3.05) is 7.11 Å². The minimum absolute atomic E-state index is 0.181. The Morgan fingerprint density at radius 1 is 1.36 bits per heavy atom. The molecule has 0 saturated carbocycles. The molecule has 0 saturated heterocycles. The molecule has 0 aliphatic rings. The third-order valence-corrected chi connectivity index (χ3v) is 2.62. The summed E-state index contributed by atoms with van der Waals surface area (Å²) in [7, 11) is 1.52. The normalized spacial score (nSPS) is 8.79. The largest absolute Gasteiger partial charge is 0.504 e. The molecule has 3 radical (unpaired) electrons. The Balaban J connectivity index is 0.000000292. The fourth-order valence-corrected chi connectivity index (χ4v) is 1.82. The van der Waals surface area contributed by atoms with Crippen LogP contribution in [0.5, 0.6) is 11.5 Å². The topological polar surface area (TPSA) is 29.5 Å². The average Bonchev–Trinajstić information content (AvgIpc) is 2.21. The summed E-state index contributed by atoms with van der Waals surface area (Å²) in [5.74, 6) is 0.692. The van der Waals surface area contributed by atoms with Gasteiger partial charge in [0.15, 0.2) is 11.5 Å². The van der Waals surface area contributed by atoms with Crippen molar-refractivity contribution >= 4 is 22.5 Å². The molecule has 0 aliphatic carbocycles. The predicted octanol–water partition coefficient (Wildman–Crippen LogP) is 2.77. The van der Waals surface area contributed by atoms with E-state index in [2.05, 4.69) is 6.92 Å². The molecule has 0 heterocycles. The third kappa shape index (κ3) is 6.13. The Hall–Kier alpha value is -0.381. The van der Waals surface area contributed by atoms with Crippen LogP contribution in [0, 0.1) is 0 Å². The van der Waals surface area contributed by atoms with E-state index >= 15 is 0 Å². The average molecular weight is 300 g/mol. The fourth-order valence-electron chi connectivity index (χ4n) is 0.807. The van der Waals surface area contributed by atoms with Gasteiger partial charge in [-0.15, -0.1) is 0 Å². The monoisotopic (exact) mass is 301 g/mol. The van der Waals surface area contributed by atoms with E-state index in [4.69, 9.17) is 9.84 Å². The number of unbranched alkanes of at least 4 members (excludes halogenated alkanes) is 1. The van der Waals surface area contributed by atoms with Crippen LogP contribution < -0.4 is 4.74 Å². The van der Waals surface area contributed by atoms with Gasteiger partial charge in [0.1, 0.15) is 0 Å². The number of benzene rings is 1. The van der Waals surface area contributed by atoms with Gasteiger partial charge in [0, 0.05) is 0 Å². The standard InChI is InChI=1S/C7H8O2.C4H9.Sn/c1-9-7-5-3-2-4-6(7)8;1-3-4-2;/h2-5,8H,1H3;1,3-4H2,2H3;. The van der Waals surface area contributed by atoms with E-state index in [-0.39, 0.29) is 5.75 Å². The molecule has 1 rings (SSSR count). The zero-order chi connectivity index (χ0) is 10.8. The smallest absolute Gasteiger partial charge is 0.160 e. The van der Waals surface area contributed by atoms with Gasteiger partial charge < -0.3 is 9.84 Å². The van der Waals surface area contributed by atoms with Crippen LogP contribution in [0.4, 0.5) is 0 Å². The van der Waals surface area contributed by atoms with Crippen molar-refractivity contribution < 1.29 is 9.84 Å². The Bertz CT molecular complexity index is 236. The van der Waals surface area contributed by atoms with Crippen LogP contribution in [0.15, 0.2) is 24.3 Å². The molecule has 0 amide bonds. The van der Waals surface area contributed by atoms with E-state index < -0.39 is 0 Å². The summed E-state index contributed by atoms with van der Waals surface area (Å²) in [6.07, 6.45) is 2.80. The Morgan fingerprint density at radius 3 is 2.29 bits per heavy atom. The first-order valence-corrected chi connectivity index (χ1v) is 6.74. The molecule has 0 spiro atoms. The van der Waals surface area contributed by atoms with Crippen molar-refractivity contribution in [2.24, 2.45) is 0 Å². The van der Waals surface area contributed by atoms with Gasteiger partial charge in [0.05, 0.1) is 7.11 Å². The van der Waals surface area contributed by atoms with Crippen LogP contribution in [0.2, 0.25) is 4.44 Å². The molecule has 14 heavy (non-hydrogen) atoms. The molecule has 1 N–H and O–H groups in total. The number of aromatic hydroxyl groups is 1. The number of phenols is 1. The molecule has 77 valence electrons. The minimum atomic E-state index is 0.181. The number of methoxy groups -OCH3 is 1. The quantitative estimate of drug-likeness (QED) is 0.870. The summed E-state index contributed by atoms with van der Waals surface area (Å²) in [6.45, 7) is 2.23. The Kier molecular flexibility index (Phi) is 8.93. The van der Waals surface area contributed by atoms with Gasteiger partial charge in [-0.2, -0.15) is 0 Å². The summed E-state index contributed by atoms with van der Waals surface area (Å²) in [6, 6.07) is 6.84. The maximum atomic E-state index is 8.99. The van der Waals surface area contributed by atoms with E-state index in [1.54, 1.807) is 46.8 Å². The number of hydrogen-bond donors (Lipinski definition) is 1. The van der Waals surface area contributed by atoms with E-state index in [1.165, 1.54) is 24.4 Å². The summed E-state index contributed by atoms with van der Waals surface area (Å²) >= 11 is 1.68. The Morgan fingerprint density at radius 2 is 2.00 bits per heavy atom. The summed E-state index contributed by atoms with van der Waals surface area (Å²) in [5, 5.41) is 8.99. The fraction of sp³-hybridized carbons (Fsp3) is 0.455. The van der Waals surface area contributed by atoms with Gasteiger partial charge >= 0.3 is 46.7 Å². The van der Waals surface area contributed by atoms with Crippen LogP contribution in [0.3, 0.4) is 0 Å². The molecule has 2 nitrogen and oxygen atoms in total. The van der Waals surface area contributed by atoms with Gasteiger partial charge in [-0.3, -0.25) is 0 Å². The number of hydrogen-bond acceptors (Lipinski definition) is 2. The zero-order valence-electron chi connectivity index (χ0n) is 8.79. The van der Waals surface area contributed by atoms with Crippen molar-refractivity contribution in [3.05, 3.63) is 24.3 Å². The molecular formula is C11H17O2Sn. The molecule has 0 aromatic heterocycles. The van der Waals surface area contributed by atoms with Crippen molar-refractivity contribution in [1.82, 2.24) is 0 Å². The van der Waals surface area contributed by atoms with Gasteiger partial charge in [0.25, 0.3) is 0 Å². The van der Waals surface area contributed by atoms with Crippen LogP contribution in [-0.4, -0.2) is 34.7 Å². The van der Waals surface area contributed by atoms with Gasteiger partial charge in [-0.1, -0.05) is 12.1 Å². The SMILES string of the molecule is CCC[CH2][Sn].COc1ccccc1O. The molecule has 0 bridgehead atoms. The van der Waals surface area contributed by atoms with Crippen LogP contribution >= 0.6 is 0 Å².